The smallest absolute Gasteiger partial charge is 0.0610 e. The second-order valence-corrected chi connectivity index (χ2v) is 5.38. The zero-order valence-corrected chi connectivity index (χ0v) is 11.6. The van der Waals surface area contributed by atoms with Crippen molar-refractivity contribution in [1.29, 1.82) is 0 Å². The number of aliphatic hydroxyl groups excluding tert-OH is 1. The van der Waals surface area contributed by atoms with Gasteiger partial charge in [0.2, 0.25) is 0 Å². The highest BCUT2D eigenvalue weighted by Gasteiger charge is 2.22. The molecule has 0 spiro atoms. The van der Waals surface area contributed by atoms with Gasteiger partial charge in [-0.05, 0) is 44.4 Å². The monoisotopic (exact) mass is 255 g/mol. The summed E-state index contributed by atoms with van der Waals surface area (Å²) in [6.07, 6.45) is 1.85. The Hall–Kier alpha value is -0.570. The lowest BCUT2D eigenvalue weighted by molar-refractivity contribution is 0.159. The van der Waals surface area contributed by atoms with Gasteiger partial charge in [0.05, 0.1) is 6.61 Å². The fraction of sp³-hybridized carbons (Fsp3) is 0.571. The Bertz CT molecular complexity index is 333. The molecular formula is C14H22ClNO. The van der Waals surface area contributed by atoms with Crippen LogP contribution in [0.25, 0.3) is 0 Å². The van der Waals surface area contributed by atoms with Crippen molar-refractivity contribution in [1.82, 2.24) is 5.32 Å². The van der Waals surface area contributed by atoms with Crippen molar-refractivity contribution >= 4 is 11.6 Å². The van der Waals surface area contributed by atoms with Gasteiger partial charge in [0.25, 0.3) is 0 Å². The van der Waals surface area contributed by atoms with E-state index in [4.69, 9.17) is 11.6 Å². The molecule has 1 aromatic rings. The molecule has 0 saturated heterocycles. The number of aliphatic hydroxyl groups is 1. The van der Waals surface area contributed by atoms with Crippen molar-refractivity contribution < 1.29 is 5.11 Å². The molecule has 0 aliphatic carbocycles. The van der Waals surface area contributed by atoms with Crippen LogP contribution in [0.15, 0.2) is 24.3 Å². The first-order chi connectivity index (χ1) is 7.99. The van der Waals surface area contributed by atoms with Crippen LogP contribution < -0.4 is 5.32 Å². The largest absolute Gasteiger partial charge is 0.394 e. The molecule has 2 nitrogen and oxygen atoms in total. The highest BCUT2D eigenvalue weighted by atomic mass is 35.5. The standard InChI is InChI=1S/C14H22ClNO/c1-4-14(3,10-17)16-11(2)9-12-5-7-13(15)8-6-12/h5-8,11,16-17H,4,9-10H2,1-3H3. The Morgan fingerprint density at radius 3 is 2.41 bits per heavy atom. The Morgan fingerprint density at radius 2 is 1.94 bits per heavy atom. The van der Waals surface area contributed by atoms with E-state index in [9.17, 15) is 5.11 Å². The zero-order chi connectivity index (χ0) is 12.9. The highest BCUT2D eigenvalue weighted by molar-refractivity contribution is 6.30. The molecule has 2 atom stereocenters. The molecule has 3 heteroatoms. The van der Waals surface area contributed by atoms with Crippen LogP contribution >= 0.6 is 11.6 Å². The zero-order valence-electron chi connectivity index (χ0n) is 10.8. The summed E-state index contributed by atoms with van der Waals surface area (Å²) in [5, 5.41) is 13.6. The summed E-state index contributed by atoms with van der Waals surface area (Å²) < 4.78 is 0. The third-order valence-electron chi connectivity index (χ3n) is 3.18. The van der Waals surface area contributed by atoms with E-state index >= 15 is 0 Å². The maximum Gasteiger partial charge on any atom is 0.0610 e. The van der Waals surface area contributed by atoms with E-state index in [1.807, 2.05) is 31.2 Å². The third-order valence-corrected chi connectivity index (χ3v) is 3.43. The van der Waals surface area contributed by atoms with Crippen molar-refractivity contribution in [2.45, 2.75) is 45.2 Å². The van der Waals surface area contributed by atoms with Crippen LogP contribution in [0.2, 0.25) is 5.02 Å². The van der Waals surface area contributed by atoms with Crippen LogP contribution in [0.4, 0.5) is 0 Å². The van der Waals surface area contributed by atoms with Crippen LogP contribution in [0, 0.1) is 0 Å². The molecule has 0 aromatic heterocycles. The van der Waals surface area contributed by atoms with Gasteiger partial charge in [-0.25, -0.2) is 0 Å². The predicted molar refractivity (Wildman–Crippen MR) is 73.5 cm³/mol. The minimum Gasteiger partial charge on any atom is -0.394 e. The highest BCUT2D eigenvalue weighted by Crippen LogP contribution is 2.14. The summed E-state index contributed by atoms with van der Waals surface area (Å²) in [4.78, 5) is 0. The molecule has 0 saturated carbocycles. The molecule has 0 bridgehead atoms. The lowest BCUT2D eigenvalue weighted by Crippen LogP contribution is -2.50. The first-order valence-electron chi connectivity index (χ1n) is 6.12. The van der Waals surface area contributed by atoms with Gasteiger partial charge >= 0.3 is 0 Å². The molecule has 0 heterocycles. The topological polar surface area (TPSA) is 32.3 Å². The molecule has 0 aliphatic rings. The number of rotatable bonds is 6. The van der Waals surface area contributed by atoms with E-state index < -0.39 is 0 Å². The maximum atomic E-state index is 9.36. The van der Waals surface area contributed by atoms with Crippen molar-refractivity contribution in [2.24, 2.45) is 0 Å². The van der Waals surface area contributed by atoms with Gasteiger partial charge in [0, 0.05) is 16.6 Å². The van der Waals surface area contributed by atoms with Gasteiger partial charge in [0.15, 0.2) is 0 Å². The SMILES string of the molecule is CCC(C)(CO)NC(C)Cc1ccc(Cl)cc1. The van der Waals surface area contributed by atoms with Crippen LogP contribution in [-0.2, 0) is 6.42 Å². The van der Waals surface area contributed by atoms with Crippen molar-refractivity contribution in [3.63, 3.8) is 0 Å². The molecule has 2 unspecified atom stereocenters. The quantitative estimate of drug-likeness (QED) is 0.819. The summed E-state index contributed by atoms with van der Waals surface area (Å²) in [6, 6.07) is 8.24. The summed E-state index contributed by atoms with van der Waals surface area (Å²) in [6.45, 7) is 6.43. The van der Waals surface area contributed by atoms with E-state index in [0.29, 0.717) is 6.04 Å². The first kappa shape index (κ1) is 14.5. The fourth-order valence-corrected chi connectivity index (χ4v) is 2.01. The van der Waals surface area contributed by atoms with E-state index in [1.54, 1.807) is 0 Å². The van der Waals surface area contributed by atoms with E-state index in [2.05, 4.69) is 19.2 Å². The number of hydrogen-bond acceptors (Lipinski definition) is 2. The van der Waals surface area contributed by atoms with Gasteiger partial charge in [0.1, 0.15) is 0 Å². The molecule has 0 radical (unpaired) electrons. The summed E-state index contributed by atoms with van der Waals surface area (Å²) in [5.41, 5.74) is 1.07. The van der Waals surface area contributed by atoms with Crippen LogP contribution in [0.1, 0.15) is 32.8 Å². The van der Waals surface area contributed by atoms with Gasteiger partial charge in [-0.15, -0.1) is 0 Å². The normalized spacial score (nSPS) is 16.5. The molecule has 1 rings (SSSR count). The molecule has 0 amide bonds. The van der Waals surface area contributed by atoms with Crippen LogP contribution in [0.3, 0.4) is 0 Å². The van der Waals surface area contributed by atoms with Gasteiger partial charge in [-0.3, -0.25) is 0 Å². The molecule has 17 heavy (non-hydrogen) atoms. The fourth-order valence-electron chi connectivity index (χ4n) is 1.88. The van der Waals surface area contributed by atoms with E-state index in [-0.39, 0.29) is 12.1 Å². The second kappa shape index (κ2) is 6.39. The maximum absolute atomic E-state index is 9.36. The van der Waals surface area contributed by atoms with Gasteiger partial charge in [-0.1, -0.05) is 30.7 Å². The summed E-state index contributed by atoms with van der Waals surface area (Å²) in [7, 11) is 0. The van der Waals surface area contributed by atoms with E-state index in [0.717, 1.165) is 17.9 Å². The average molecular weight is 256 g/mol. The Labute approximate surface area is 109 Å². The lowest BCUT2D eigenvalue weighted by atomic mass is 9.97. The first-order valence-corrected chi connectivity index (χ1v) is 6.50. The van der Waals surface area contributed by atoms with Gasteiger partial charge < -0.3 is 10.4 Å². The van der Waals surface area contributed by atoms with Crippen LogP contribution in [0.5, 0.6) is 0 Å². The Balaban J connectivity index is 2.54. The van der Waals surface area contributed by atoms with Crippen molar-refractivity contribution in [3.05, 3.63) is 34.9 Å². The number of hydrogen-bond donors (Lipinski definition) is 2. The number of nitrogens with one attached hydrogen (secondary N) is 1. The predicted octanol–water partition coefficient (Wildman–Crippen LogP) is 3.02. The number of benzene rings is 1. The van der Waals surface area contributed by atoms with Crippen molar-refractivity contribution in [3.8, 4) is 0 Å². The molecular weight excluding hydrogens is 234 g/mol. The Morgan fingerprint density at radius 1 is 1.35 bits per heavy atom. The molecule has 0 aliphatic heterocycles. The minimum absolute atomic E-state index is 0.161. The number of halogens is 1. The Kier molecular flexibility index (Phi) is 5.44. The summed E-state index contributed by atoms with van der Waals surface area (Å²) in [5.74, 6) is 0. The summed E-state index contributed by atoms with van der Waals surface area (Å²) >= 11 is 5.85. The van der Waals surface area contributed by atoms with Gasteiger partial charge in [-0.2, -0.15) is 0 Å². The third kappa shape index (κ3) is 4.66. The van der Waals surface area contributed by atoms with E-state index in [1.165, 1.54) is 5.56 Å². The molecule has 0 fully saturated rings. The molecule has 96 valence electrons. The average Bonchev–Trinajstić information content (AvgIpc) is 2.32. The lowest BCUT2D eigenvalue weighted by Gasteiger charge is -2.31. The van der Waals surface area contributed by atoms with Crippen molar-refractivity contribution in [2.75, 3.05) is 6.61 Å². The molecule has 2 N–H and O–H groups in total. The van der Waals surface area contributed by atoms with Crippen LogP contribution in [-0.4, -0.2) is 23.3 Å². The molecule has 1 aromatic carbocycles. The second-order valence-electron chi connectivity index (χ2n) is 4.95. The minimum atomic E-state index is -0.189.